The molecule has 0 heterocycles. The van der Waals surface area contributed by atoms with Gasteiger partial charge in [0.1, 0.15) is 0 Å². The van der Waals surface area contributed by atoms with Crippen molar-refractivity contribution < 1.29 is 18.1 Å². The molecule has 0 bridgehead atoms. The molecular weight excluding hydrogens is 261 g/mol. The Morgan fingerprint density at radius 2 is 1.84 bits per heavy atom. The predicted molar refractivity (Wildman–Crippen MR) is 62.2 cm³/mol. The normalized spacial score (nSPS) is 18.9. The lowest BCUT2D eigenvalue weighted by Gasteiger charge is -2.33. The molecule has 104 valence electrons. The van der Waals surface area contributed by atoms with E-state index < -0.39 is 23.2 Å². The Balaban J connectivity index is 2.46. The summed E-state index contributed by atoms with van der Waals surface area (Å²) in [5, 5.41) is 13.1. The van der Waals surface area contributed by atoms with Crippen LogP contribution in [-0.4, -0.2) is 23.7 Å². The Labute approximate surface area is 107 Å². The zero-order chi connectivity index (χ0) is 14.1. The summed E-state index contributed by atoms with van der Waals surface area (Å²) >= 11 is 0. The van der Waals surface area contributed by atoms with Crippen LogP contribution in [0.4, 0.5) is 13.2 Å². The van der Waals surface area contributed by atoms with Crippen LogP contribution in [0, 0.1) is 10.1 Å². The predicted octanol–water partition coefficient (Wildman–Crippen LogP) is 2.47. The van der Waals surface area contributed by atoms with Crippen molar-refractivity contribution in [3.8, 4) is 0 Å². The van der Waals surface area contributed by atoms with Gasteiger partial charge < -0.3 is 0 Å². The van der Waals surface area contributed by atoms with E-state index in [1.165, 1.54) is 24.3 Å². The average molecular weight is 274 g/mol. The van der Waals surface area contributed by atoms with Crippen LogP contribution in [-0.2, 0) is 5.54 Å². The van der Waals surface area contributed by atoms with Crippen LogP contribution in [0.1, 0.15) is 18.4 Å². The van der Waals surface area contributed by atoms with Crippen LogP contribution >= 0.6 is 0 Å². The van der Waals surface area contributed by atoms with Gasteiger partial charge in [-0.2, -0.15) is 13.2 Å². The lowest BCUT2D eigenvalue weighted by atomic mass is 9.88. The van der Waals surface area contributed by atoms with Crippen molar-refractivity contribution in [1.29, 1.82) is 0 Å². The fourth-order valence-electron chi connectivity index (χ4n) is 2.05. The molecule has 0 saturated heterocycles. The van der Waals surface area contributed by atoms with E-state index in [-0.39, 0.29) is 11.6 Å². The van der Waals surface area contributed by atoms with E-state index in [2.05, 4.69) is 5.32 Å². The fraction of sp³-hybridized carbons (Fsp3) is 0.500. The van der Waals surface area contributed by atoms with Crippen molar-refractivity contribution in [3.63, 3.8) is 0 Å². The molecule has 0 spiro atoms. The van der Waals surface area contributed by atoms with Gasteiger partial charge in [-0.1, -0.05) is 30.3 Å². The highest BCUT2D eigenvalue weighted by molar-refractivity contribution is 5.27. The van der Waals surface area contributed by atoms with Gasteiger partial charge in [-0.15, -0.1) is 0 Å². The Morgan fingerprint density at radius 1 is 1.26 bits per heavy atom. The maximum absolute atomic E-state index is 13.4. The van der Waals surface area contributed by atoms with E-state index in [0.29, 0.717) is 12.8 Å². The van der Waals surface area contributed by atoms with Gasteiger partial charge in [-0.05, 0) is 18.4 Å². The molecule has 0 unspecified atom stereocenters. The molecule has 4 nitrogen and oxygen atoms in total. The van der Waals surface area contributed by atoms with Crippen molar-refractivity contribution in [1.82, 2.24) is 5.32 Å². The molecular formula is C12H13F3N2O2. The molecule has 1 saturated carbocycles. The largest absolute Gasteiger partial charge is 0.417 e. The minimum Gasteiger partial charge on any atom is -0.292 e. The van der Waals surface area contributed by atoms with Gasteiger partial charge in [0.05, 0.1) is 0 Å². The summed E-state index contributed by atoms with van der Waals surface area (Å²) in [7, 11) is 0. The molecule has 1 fully saturated rings. The molecule has 0 radical (unpaired) electrons. The van der Waals surface area contributed by atoms with E-state index in [0.717, 1.165) is 0 Å². The second kappa shape index (κ2) is 4.80. The third-order valence-corrected chi connectivity index (χ3v) is 3.14. The van der Waals surface area contributed by atoms with Crippen molar-refractivity contribution in [2.45, 2.75) is 30.6 Å². The second-order valence-corrected chi connectivity index (χ2v) is 4.68. The molecule has 0 aromatic heterocycles. The monoisotopic (exact) mass is 274 g/mol. The van der Waals surface area contributed by atoms with Gasteiger partial charge in [0.25, 0.3) is 0 Å². The zero-order valence-electron chi connectivity index (χ0n) is 9.98. The number of nitro groups is 1. The quantitative estimate of drug-likeness (QED) is 0.663. The number of halogens is 3. The van der Waals surface area contributed by atoms with Gasteiger partial charge >= 0.3 is 6.18 Å². The second-order valence-electron chi connectivity index (χ2n) is 4.68. The third kappa shape index (κ3) is 2.86. The first-order valence-corrected chi connectivity index (χ1v) is 5.87. The van der Waals surface area contributed by atoms with Crippen LogP contribution < -0.4 is 5.32 Å². The molecule has 0 aliphatic heterocycles. The number of benzene rings is 1. The van der Waals surface area contributed by atoms with Gasteiger partial charge in [-0.25, -0.2) is 0 Å². The molecule has 1 aromatic carbocycles. The minimum atomic E-state index is -4.73. The Morgan fingerprint density at radius 3 is 2.26 bits per heavy atom. The first-order valence-electron chi connectivity index (χ1n) is 5.87. The zero-order valence-corrected chi connectivity index (χ0v) is 9.98. The van der Waals surface area contributed by atoms with Gasteiger partial charge in [0.2, 0.25) is 12.1 Å². The Bertz CT molecular complexity index is 460. The number of alkyl halides is 3. The van der Waals surface area contributed by atoms with E-state index >= 15 is 0 Å². The summed E-state index contributed by atoms with van der Waals surface area (Å²) in [6.45, 7) is -1.21. The number of nitrogens with zero attached hydrogens (tertiary/aromatic N) is 1. The van der Waals surface area contributed by atoms with Crippen LogP contribution in [0.15, 0.2) is 30.3 Å². The number of nitrogens with one attached hydrogen (secondary N) is 1. The lowest BCUT2D eigenvalue weighted by Crippen LogP contribution is -2.59. The van der Waals surface area contributed by atoms with Crippen LogP contribution in [0.3, 0.4) is 0 Å². The molecule has 1 aromatic rings. The lowest BCUT2D eigenvalue weighted by molar-refractivity contribution is -0.504. The summed E-state index contributed by atoms with van der Waals surface area (Å²) in [6, 6.07) is 6.71. The molecule has 7 heteroatoms. The van der Waals surface area contributed by atoms with Crippen molar-refractivity contribution in [2.75, 3.05) is 6.54 Å². The Kier molecular flexibility index (Phi) is 3.49. The first kappa shape index (κ1) is 13.8. The van der Waals surface area contributed by atoms with Crippen molar-refractivity contribution in [3.05, 3.63) is 46.0 Å². The minimum absolute atomic E-state index is 0.119. The van der Waals surface area contributed by atoms with Crippen LogP contribution in [0.25, 0.3) is 0 Å². The van der Waals surface area contributed by atoms with Gasteiger partial charge in [0.15, 0.2) is 0 Å². The molecule has 1 aliphatic rings. The SMILES string of the molecule is O=[N+]([O-])C[C@](NC1CC1)(c1ccccc1)C(F)(F)F. The topological polar surface area (TPSA) is 55.2 Å². The third-order valence-electron chi connectivity index (χ3n) is 3.14. The standard InChI is InChI=1S/C12H13F3N2O2/c13-12(14,15)11(8-17(18)19,16-10-6-7-10)9-4-2-1-3-5-9/h1-5,10,16H,6-8H2/t11-/m0/s1. The van der Waals surface area contributed by atoms with E-state index in [1.807, 2.05) is 0 Å². The highest BCUT2D eigenvalue weighted by Gasteiger charge is 2.61. The summed E-state index contributed by atoms with van der Waals surface area (Å²) in [5.41, 5.74) is -2.73. The molecule has 2 rings (SSSR count). The highest BCUT2D eigenvalue weighted by Crippen LogP contribution is 2.41. The van der Waals surface area contributed by atoms with E-state index in [4.69, 9.17) is 0 Å². The maximum atomic E-state index is 13.4. The van der Waals surface area contributed by atoms with E-state index in [9.17, 15) is 23.3 Å². The van der Waals surface area contributed by atoms with Crippen LogP contribution in [0.2, 0.25) is 0 Å². The molecule has 19 heavy (non-hydrogen) atoms. The smallest absolute Gasteiger partial charge is 0.292 e. The highest BCUT2D eigenvalue weighted by atomic mass is 19.4. The van der Waals surface area contributed by atoms with Gasteiger partial charge in [-0.3, -0.25) is 15.4 Å². The average Bonchev–Trinajstić information content (AvgIpc) is 3.11. The summed E-state index contributed by atoms with van der Waals surface area (Å²) in [4.78, 5) is 9.78. The number of hydrogen-bond donors (Lipinski definition) is 1. The molecule has 1 atom stereocenters. The van der Waals surface area contributed by atoms with Crippen LogP contribution in [0.5, 0.6) is 0 Å². The van der Waals surface area contributed by atoms with Crippen molar-refractivity contribution in [2.24, 2.45) is 0 Å². The number of rotatable bonds is 5. The van der Waals surface area contributed by atoms with Gasteiger partial charge in [0, 0.05) is 11.0 Å². The summed E-state index contributed by atoms with van der Waals surface area (Å²) in [6.07, 6.45) is -3.51. The fourth-order valence-corrected chi connectivity index (χ4v) is 2.05. The first-order chi connectivity index (χ1) is 8.85. The molecule has 1 aliphatic carbocycles. The maximum Gasteiger partial charge on any atom is 0.417 e. The summed E-state index contributed by atoms with van der Waals surface area (Å²) < 4.78 is 40.3. The van der Waals surface area contributed by atoms with E-state index in [1.54, 1.807) is 6.07 Å². The van der Waals surface area contributed by atoms with Crippen molar-refractivity contribution >= 4 is 0 Å². The number of hydrogen-bond acceptors (Lipinski definition) is 3. The molecule has 0 amide bonds. The molecule has 1 N–H and O–H groups in total. The summed E-state index contributed by atoms with van der Waals surface area (Å²) in [5.74, 6) is 0. The Hall–Kier alpha value is -1.63.